The van der Waals surface area contributed by atoms with E-state index in [1.165, 1.54) is 24.3 Å². The molecule has 5 rings (SSSR count). The minimum atomic E-state index is -1.05. The van der Waals surface area contributed by atoms with E-state index in [4.69, 9.17) is 9.82 Å². The van der Waals surface area contributed by atoms with Gasteiger partial charge in [0.15, 0.2) is 0 Å². The van der Waals surface area contributed by atoms with Crippen molar-refractivity contribution in [2.75, 3.05) is 0 Å². The lowest BCUT2D eigenvalue weighted by Gasteiger charge is -2.17. The summed E-state index contributed by atoms with van der Waals surface area (Å²) in [7, 11) is 0. The van der Waals surface area contributed by atoms with Gasteiger partial charge in [0.25, 0.3) is 5.91 Å². The Morgan fingerprint density at radius 2 is 1.57 bits per heavy atom. The Kier molecular flexibility index (Phi) is 9.20. The highest BCUT2D eigenvalue weighted by atomic mass is 16.6. The number of fused-ring (bicyclic) bond motifs is 3. The number of hydrogen-bond donors (Lipinski definition) is 4. The molecule has 0 aliphatic heterocycles. The SMILES string of the molecule is O=C(CCCCCC(NC(=O)c1ccc(C(=O)O)cc1)c1nc2c(ccc3ccccc32)[nH]1)NOCc1ccccc1. The van der Waals surface area contributed by atoms with Crippen LogP contribution in [0.5, 0.6) is 0 Å². The van der Waals surface area contributed by atoms with Gasteiger partial charge in [-0.2, -0.15) is 0 Å². The first kappa shape index (κ1) is 28.5. The van der Waals surface area contributed by atoms with Crippen molar-refractivity contribution in [1.29, 1.82) is 0 Å². The lowest BCUT2D eigenvalue weighted by Crippen LogP contribution is -2.29. The fraction of sp³-hybridized carbons (Fsp3) is 0.212. The van der Waals surface area contributed by atoms with E-state index in [0.717, 1.165) is 40.2 Å². The lowest BCUT2D eigenvalue weighted by molar-refractivity contribution is -0.134. The average molecular weight is 565 g/mol. The largest absolute Gasteiger partial charge is 0.478 e. The number of unbranched alkanes of at least 4 members (excludes halogenated alkanes) is 2. The van der Waals surface area contributed by atoms with Crippen molar-refractivity contribution in [3.05, 3.63) is 114 Å². The molecule has 0 fully saturated rings. The number of carbonyl (C=O) groups excluding carboxylic acids is 2. The number of amides is 2. The molecule has 2 amide bonds. The quantitative estimate of drug-likeness (QED) is 0.101. The molecule has 0 bridgehead atoms. The molecule has 0 aliphatic rings. The fourth-order valence-corrected chi connectivity index (χ4v) is 4.85. The van der Waals surface area contributed by atoms with Crippen LogP contribution in [0.15, 0.2) is 91.0 Å². The van der Waals surface area contributed by atoms with Gasteiger partial charge in [-0.05, 0) is 54.1 Å². The van der Waals surface area contributed by atoms with Crippen LogP contribution in [0.2, 0.25) is 0 Å². The second-order valence-corrected chi connectivity index (χ2v) is 10.1. The maximum atomic E-state index is 13.2. The van der Waals surface area contributed by atoms with Gasteiger partial charge in [-0.15, -0.1) is 0 Å². The molecule has 0 aliphatic carbocycles. The second-order valence-electron chi connectivity index (χ2n) is 10.1. The Hall–Kier alpha value is -5.02. The lowest BCUT2D eigenvalue weighted by atomic mass is 10.1. The summed E-state index contributed by atoms with van der Waals surface area (Å²) < 4.78 is 0. The van der Waals surface area contributed by atoms with Crippen LogP contribution in [-0.4, -0.2) is 32.9 Å². The third-order valence-corrected chi connectivity index (χ3v) is 7.09. The Morgan fingerprint density at radius 3 is 2.36 bits per heavy atom. The first-order chi connectivity index (χ1) is 20.5. The molecule has 1 atom stereocenters. The normalized spacial score (nSPS) is 11.8. The van der Waals surface area contributed by atoms with E-state index in [1.54, 1.807) is 0 Å². The molecular weight excluding hydrogens is 532 g/mol. The van der Waals surface area contributed by atoms with E-state index in [2.05, 4.69) is 15.8 Å². The molecule has 4 N–H and O–H groups in total. The number of imidazole rings is 1. The minimum Gasteiger partial charge on any atom is -0.478 e. The van der Waals surface area contributed by atoms with E-state index in [1.807, 2.05) is 66.7 Å². The Labute approximate surface area is 242 Å². The zero-order valence-electron chi connectivity index (χ0n) is 23.0. The number of H-pyrrole nitrogens is 1. The van der Waals surface area contributed by atoms with Gasteiger partial charge in [-0.25, -0.2) is 15.3 Å². The van der Waals surface area contributed by atoms with Crippen molar-refractivity contribution in [2.24, 2.45) is 0 Å². The highest BCUT2D eigenvalue weighted by Gasteiger charge is 2.20. The smallest absolute Gasteiger partial charge is 0.335 e. The molecule has 1 unspecified atom stereocenters. The molecule has 0 saturated carbocycles. The van der Waals surface area contributed by atoms with E-state index in [-0.39, 0.29) is 17.4 Å². The molecule has 9 heteroatoms. The fourth-order valence-electron chi connectivity index (χ4n) is 4.85. The van der Waals surface area contributed by atoms with Crippen molar-refractivity contribution < 1.29 is 24.3 Å². The third-order valence-electron chi connectivity index (χ3n) is 7.09. The second kappa shape index (κ2) is 13.6. The predicted molar refractivity (Wildman–Crippen MR) is 160 cm³/mol. The van der Waals surface area contributed by atoms with Crippen LogP contribution in [0.4, 0.5) is 0 Å². The molecule has 1 heterocycles. The van der Waals surface area contributed by atoms with E-state index >= 15 is 0 Å². The summed E-state index contributed by atoms with van der Waals surface area (Å²) >= 11 is 0. The number of carboxylic acid groups (broad SMARTS) is 1. The predicted octanol–water partition coefficient (Wildman–Crippen LogP) is 6.08. The van der Waals surface area contributed by atoms with Crippen LogP contribution in [0.1, 0.15) is 70.2 Å². The molecule has 9 nitrogen and oxygen atoms in total. The summed E-state index contributed by atoms with van der Waals surface area (Å²) in [6, 6.07) is 27.0. The van der Waals surface area contributed by atoms with Gasteiger partial charge in [0.05, 0.1) is 29.2 Å². The Morgan fingerprint density at radius 1 is 0.833 bits per heavy atom. The maximum Gasteiger partial charge on any atom is 0.335 e. The molecule has 0 radical (unpaired) electrons. The standard InChI is InChI=1S/C33H32N4O5/c38-29(37-42-21-22-9-3-1-4-10-22)14-6-2-5-13-28(35-32(39)24-15-17-25(18-16-24)33(40)41)31-34-27-20-19-23-11-7-8-12-26(23)30(27)36-31/h1,3-4,7-12,15-20,28H,2,5-6,13-14,21H2,(H,34,36)(H,35,39)(H,37,38)(H,40,41). The third kappa shape index (κ3) is 7.18. The number of hydrogen-bond acceptors (Lipinski definition) is 5. The summed E-state index contributed by atoms with van der Waals surface area (Å²) in [5, 5.41) is 14.3. The van der Waals surface area contributed by atoms with Crippen LogP contribution in [0.3, 0.4) is 0 Å². The monoisotopic (exact) mass is 564 g/mol. The molecule has 0 spiro atoms. The highest BCUT2D eigenvalue weighted by Crippen LogP contribution is 2.27. The molecule has 1 aromatic heterocycles. The number of hydroxylamine groups is 1. The summed E-state index contributed by atoms with van der Waals surface area (Å²) in [5.41, 5.74) is 5.65. The number of aromatic carboxylic acids is 1. The summed E-state index contributed by atoms with van der Waals surface area (Å²) in [4.78, 5) is 50.1. The van der Waals surface area contributed by atoms with Gasteiger partial charge >= 0.3 is 5.97 Å². The number of aromatic amines is 1. The molecule has 0 saturated heterocycles. The molecule has 5 aromatic rings. The molecule has 214 valence electrons. The number of carboxylic acids is 1. The Bertz CT molecular complexity index is 1680. The molecule has 4 aromatic carbocycles. The van der Waals surface area contributed by atoms with Crippen molar-refractivity contribution in [3.8, 4) is 0 Å². The van der Waals surface area contributed by atoms with Crippen molar-refractivity contribution in [1.82, 2.24) is 20.8 Å². The minimum absolute atomic E-state index is 0.113. The summed E-state index contributed by atoms with van der Waals surface area (Å²) in [6.07, 6.45) is 3.12. The van der Waals surface area contributed by atoms with Gasteiger partial charge in [0, 0.05) is 17.4 Å². The van der Waals surface area contributed by atoms with Crippen molar-refractivity contribution in [3.63, 3.8) is 0 Å². The van der Waals surface area contributed by atoms with E-state index in [9.17, 15) is 19.5 Å². The number of rotatable bonds is 13. The Balaban J connectivity index is 1.21. The van der Waals surface area contributed by atoms with Crippen LogP contribution >= 0.6 is 0 Å². The van der Waals surface area contributed by atoms with Crippen LogP contribution < -0.4 is 10.8 Å². The topological polar surface area (TPSA) is 133 Å². The number of benzene rings is 4. The van der Waals surface area contributed by atoms with Crippen molar-refractivity contribution in [2.45, 2.75) is 44.8 Å². The number of carbonyl (C=O) groups is 3. The zero-order chi connectivity index (χ0) is 29.3. The summed E-state index contributed by atoms with van der Waals surface area (Å²) in [5.74, 6) is -0.906. The van der Waals surface area contributed by atoms with Gasteiger partial charge in [-0.1, -0.05) is 73.5 Å². The molecule has 42 heavy (non-hydrogen) atoms. The first-order valence-electron chi connectivity index (χ1n) is 13.9. The van der Waals surface area contributed by atoms with Gasteiger partial charge in [-0.3, -0.25) is 14.4 Å². The number of nitrogens with zero attached hydrogens (tertiary/aromatic N) is 1. The zero-order valence-corrected chi connectivity index (χ0v) is 23.0. The van der Waals surface area contributed by atoms with E-state index in [0.29, 0.717) is 37.3 Å². The van der Waals surface area contributed by atoms with Crippen molar-refractivity contribution >= 4 is 39.6 Å². The highest BCUT2D eigenvalue weighted by molar-refractivity contribution is 6.04. The van der Waals surface area contributed by atoms with Crippen LogP contribution in [0.25, 0.3) is 21.8 Å². The van der Waals surface area contributed by atoms with Gasteiger partial charge in [0.2, 0.25) is 5.91 Å². The first-order valence-corrected chi connectivity index (χ1v) is 13.9. The average Bonchev–Trinajstić information content (AvgIpc) is 3.46. The van der Waals surface area contributed by atoms with Crippen LogP contribution in [0, 0.1) is 0 Å². The van der Waals surface area contributed by atoms with Gasteiger partial charge < -0.3 is 15.4 Å². The number of aromatic nitrogens is 2. The van der Waals surface area contributed by atoms with E-state index < -0.39 is 12.0 Å². The summed E-state index contributed by atoms with van der Waals surface area (Å²) in [6.45, 7) is 0.305. The van der Waals surface area contributed by atoms with Gasteiger partial charge in [0.1, 0.15) is 5.82 Å². The number of nitrogens with one attached hydrogen (secondary N) is 3. The molecular formula is C33H32N4O5. The maximum absolute atomic E-state index is 13.2. The van der Waals surface area contributed by atoms with Crippen LogP contribution in [-0.2, 0) is 16.2 Å².